The van der Waals surface area contributed by atoms with Crippen LogP contribution in [0.15, 0.2) is 48.5 Å². The maximum atomic E-state index is 12.4. The zero-order valence-corrected chi connectivity index (χ0v) is 16.8. The number of hydrogen-bond acceptors (Lipinski definition) is 5. The van der Waals surface area contributed by atoms with Crippen molar-refractivity contribution in [2.75, 3.05) is 18.1 Å². The number of ether oxygens (including phenoxy) is 1. The second kappa shape index (κ2) is 7.93. The lowest BCUT2D eigenvalue weighted by atomic mass is 10.0. The first-order valence-corrected chi connectivity index (χ1v) is 10.9. The van der Waals surface area contributed by atoms with Crippen LogP contribution in [0.25, 0.3) is 0 Å². The van der Waals surface area contributed by atoms with Gasteiger partial charge in [0, 0.05) is 16.1 Å². The fraction of sp³-hybridized carbons (Fsp3) is 0.300. The number of carbonyl (C=O) groups excluding carboxylic acids is 2. The average Bonchev–Trinajstić information content (AvgIpc) is 2.93. The highest BCUT2D eigenvalue weighted by atomic mass is 35.5. The van der Waals surface area contributed by atoms with Crippen molar-refractivity contribution in [1.82, 2.24) is 5.32 Å². The number of carbonyl (C=O) groups is 2. The number of ketones is 1. The van der Waals surface area contributed by atoms with Crippen LogP contribution in [-0.2, 0) is 14.6 Å². The molecular formula is C20H20ClNO5S. The van der Waals surface area contributed by atoms with E-state index in [4.69, 9.17) is 16.3 Å². The third-order valence-corrected chi connectivity index (χ3v) is 6.69. The summed E-state index contributed by atoms with van der Waals surface area (Å²) >= 11 is 5.83. The quantitative estimate of drug-likeness (QED) is 0.724. The van der Waals surface area contributed by atoms with Gasteiger partial charge in [0.05, 0.1) is 17.0 Å². The summed E-state index contributed by atoms with van der Waals surface area (Å²) in [5.74, 6) is -0.0784. The monoisotopic (exact) mass is 421 g/mol. The summed E-state index contributed by atoms with van der Waals surface area (Å²) in [6.07, 6.45) is 0.391. The van der Waals surface area contributed by atoms with E-state index < -0.39 is 15.4 Å². The average molecular weight is 422 g/mol. The van der Waals surface area contributed by atoms with Crippen molar-refractivity contribution in [1.29, 1.82) is 0 Å². The highest BCUT2D eigenvalue weighted by Crippen LogP contribution is 2.23. The van der Waals surface area contributed by atoms with Gasteiger partial charge in [-0.15, -0.1) is 0 Å². The van der Waals surface area contributed by atoms with E-state index in [0.717, 1.165) is 0 Å². The first-order valence-electron chi connectivity index (χ1n) is 8.70. The molecule has 0 spiro atoms. The molecule has 2 aromatic rings. The fourth-order valence-corrected chi connectivity index (χ4v) is 5.32. The number of benzene rings is 2. The van der Waals surface area contributed by atoms with Crippen LogP contribution < -0.4 is 10.1 Å². The lowest BCUT2D eigenvalue weighted by molar-refractivity contribution is -0.124. The van der Waals surface area contributed by atoms with Crippen molar-refractivity contribution in [3.8, 4) is 5.75 Å². The van der Waals surface area contributed by atoms with Gasteiger partial charge in [0.25, 0.3) is 5.91 Å². The van der Waals surface area contributed by atoms with Crippen LogP contribution in [0.5, 0.6) is 5.75 Å². The van der Waals surface area contributed by atoms with Crippen molar-refractivity contribution in [2.24, 2.45) is 0 Å². The SMILES string of the molecule is C[C@]1(NC(=O)COc2ccc(C(=O)c3ccc(Cl)cc3)cc2)CCS(=O)(=O)C1. The predicted octanol–water partition coefficient (Wildman–Crippen LogP) is 2.64. The van der Waals surface area contributed by atoms with Crippen LogP contribution in [0, 0.1) is 0 Å². The molecule has 1 saturated heterocycles. The van der Waals surface area contributed by atoms with Gasteiger partial charge in [0.15, 0.2) is 22.2 Å². The van der Waals surface area contributed by atoms with Gasteiger partial charge in [0.1, 0.15) is 5.75 Å². The fourth-order valence-electron chi connectivity index (χ4n) is 3.10. The molecule has 0 unspecified atom stereocenters. The molecule has 1 heterocycles. The highest BCUT2D eigenvalue weighted by molar-refractivity contribution is 7.91. The zero-order valence-electron chi connectivity index (χ0n) is 15.3. The van der Waals surface area contributed by atoms with E-state index in [-0.39, 0.29) is 29.8 Å². The standard InChI is InChI=1S/C20H20ClNO5S/c1-20(10-11-28(25,26)13-20)22-18(23)12-27-17-8-4-15(5-9-17)19(24)14-2-6-16(21)7-3-14/h2-9H,10-13H2,1H3,(H,22,23)/t20-/m0/s1. The maximum absolute atomic E-state index is 12.4. The molecule has 8 heteroatoms. The molecule has 28 heavy (non-hydrogen) atoms. The Morgan fingerprint density at radius 3 is 2.18 bits per heavy atom. The Balaban J connectivity index is 1.55. The highest BCUT2D eigenvalue weighted by Gasteiger charge is 2.39. The second-order valence-electron chi connectivity index (χ2n) is 7.10. The molecule has 0 aliphatic carbocycles. The normalized spacial score (nSPS) is 20.5. The molecule has 0 aromatic heterocycles. The van der Waals surface area contributed by atoms with E-state index in [9.17, 15) is 18.0 Å². The van der Waals surface area contributed by atoms with Crippen LogP contribution >= 0.6 is 11.6 Å². The largest absolute Gasteiger partial charge is 0.484 e. The molecule has 0 radical (unpaired) electrons. The Labute approximate surface area is 168 Å². The summed E-state index contributed by atoms with van der Waals surface area (Å²) in [5.41, 5.74) is 0.258. The molecule has 1 aliphatic rings. The van der Waals surface area contributed by atoms with Crippen molar-refractivity contribution < 1.29 is 22.7 Å². The lowest BCUT2D eigenvalue weighted by Gasteiger charge is -2.23. The van der Waals surface area contributed by atoms with Gasteiger partial charge in [-0.05, 0) is 61.9 Å². The minimum absolute atomic E-state index is 0.0623. The van der Waals surface area contributed by atoms with E-state index >= 15 is 0 Å². The summed E-state index contributed by atoms with van der Waals surface area (Å²) < 4.78 is 28.6. The summed E-state index contributed by atoms with van der Waals surface area (Å²) in [5, 5.41) is 3.29. The maximum Gasteiger partial charge on any atom is 0.258 e. The Hall–Kier alpha value is -2.38. The predicted molar refractivity (Wildman–Crippen MR) is 107 cm³/mol. The van der Waals surface area contributed by atoms with Gasteiger partial charge in [0.2, 0.25) is 0 Å². The molecule has 0 saturated carbocycles. The summed E-state index contributed by atoms with van der Waals surface area (Å²) in [7, 11) is -3.10. The van der Waals surface area contributed by atoms with Crippen LogP contribution in [0.3, 0.4) is 0 Å². The third-order valence-electron chi connectivity index (χ3n) is 4.54. The molecule has 3 rings (SSSR count). The van der Waals surface area contributed by atoms with Gasteiger partial charge < -0.3 is 10.1 Å². The molecule has 2 aromatic carbocycles. The Morgan fingerprint density at radius 2 is 1.64 bits per heavy atom. The van der Waals surface area contributed by atoms with E-state index in [0.29, 0.717) is 28.3 Å². The van der Waals surface area contributed by atoms with Crippen molar-refractivity contribution in [3.05, 3.63) is 64.7 Å². The Kier molecular flexibility index (Phi) is 5.76. The van der Waals surface area contributed by atoms with Gasteiger partial charge in [-0.2, -0.15) is 0 Å². The number of sulfone groups is 1. The molecular weight excluding hydrogens is 402 g/mol. The number of hydrogen-bond donors (Lipinski definition) is 1. The Bertz CT molecular complexity index is 986. The van der Waals surface area contributed by atoms with Crippen LogP contribution in [-0.4, -0.2) is 43.8 Å². The molecule has 6 nitrogen and oxygen atoms in total. The molecule has 1 aliphatic heterocycles. The number of rotatable bonds is 6. The molecule has 1 atom stereocenters. The van der Waals surface area contributed by atoms with Gasteiger partial charge >= 0.3 is 0 Å². The van der Waals surface area contributed by atoms with E-state index in [1.54, 1.807) is 55.5 Å². The molecule has 1 fully saturated rings. The smallest absolute Gasteiger partial charge is 0.258 e. The van der Waals surface area contributed by atoms with E-state index in [1.807, 2.05) is 0 Å². The molecule has 148 valence electrons. The molecule has 1 N–H and O–H groups in total. The molecule has 1 amide bonds. The molecule has 0 bridgehead atoms. The number of amides is 1. The zero-order chi connectivity index (χ0) is 20.4. The number of halogens is 1. The van der Waals surface area contributed by atoms with Gasteiger partial charge in [-0.1, -0.05) is 11.6 Å². The first-order chi connectivity index (χ1) is 13.2. The van der Waals surface area contributed by atoms with Crippen LogP contribution in [0.2, 0.25) is 5.02 Å². The van der Waals surface area contributed by atoms with Crippen LogP contribution in [0.4, 0.5) is 0 Å². The van der Waals surface area contributed by atoms with E-state index in [1.165, 1.54) is 0 Å². The van der Waals surface area contributed by atoms with Gasteiger partial charge in [-0.25, -0.2) is 8.42 Å². The third kappa shape index (κ3) is 5.11. The van der Waals surface area contributed by atoms with Gasteiger partial charge in [-0.3, -0.25) is 9.59 Å². The van der Waals surface area contributed by atoms with Crippen molar-refractivity contribution in [2.45, 2.75) is 18.9 Å². The van der Waals surface area contributed by atoms with E-state index in [2.05, 4.69) is 5.32 Å². The summed E-state index contributed by atoms with van der Waals surface area (Å²) in [6, 6.07) is 13.1. The summed E-state index contributed by atoms with van der Waals surface area (Å²) in [4.78, 5) is 24.5. The topological polar surface area (TPSA) is 89.5 Å². The van der Waals surface area contributed by atoms with Crippen molar-refractivity contribution in [3.63, 3.8) is 0 Å². The second-order valence-corrected chi connectivity index (χ2v) is 9.72. The minimum Gasteiger partial charge on any atom is -0.484 e. The number of nitrogens with one attached hydrogen (secondary N) is 1. The minimum atomic E-state index is -3.10. The Morgan fingerprint density at radius 1 is 1.07 bits per heavy atom. The first kappa shape index (κ1) is 20.4. The van der Waals surface area contributed by atoms with Crippen LogP contribution in [0.1, 0.15) is 29.3 Å². The lowest BCUT2D eigenvalue weighted by Crippen LogP contribution is -2.48. The van der Waals surface area contributed by atoms with Crippen molar-refractivity contribution >= 4 is 33.1 Å². The summed E-state index contributed by atoms with van der Waals surface area (Å²) in [6.45, 7) is 1.48.